The number of carbonyl (C=O) groups is 3. The molecule has 1 atom stereocenters. The second kappa shape index (κ2) is 5.63. The summed E-state index contributed by atoms with van der Waals surface area (Å²) < 4.78 is 15.8. The van der Waals surface area contributed by atoms with E-state index in [-0.39, 0.29) is 18.9 Å². The van der Waals surface area contributed by atoms with Gasteiger partial charge in [-0.05, 0) is 44.5 Å². The maximum absolute atomic E-state index is 14.1. The molecule has 0 fully saturated rings. The van der Waals surface area contributed by atoms with Gasteiger partial charge in [-0.1, -0.05) is 0 Å². The molecule has 2 aromatic rings. The molecule has 4 rings (SSSR count). The molecule has 0 bridgehead atoms. The molecule has 3 amide bonds. The van der Waals surface area contributed by atoms with Gasteiger partial charge in [-0.2, -0.15) is 5.10 Å². The molecule has 0 unspecified atom stereocenters. The van der Waals surface area contributed by atoms with Crippen molar-refractivity contribution in [2.45, 2.75) is 38.1 Å². The van der Waals surface area contributed by atoms with Crippen LogP contribution in [0.4, 0.5) is 15.9 Å². The van der Waals surface area contributed by atoms with Gasteiger partial charge in [0, 0.05) is 17.7 Å². The topological polar surface area (TPSA) is 110 Å². The van der Waals surface area contributed by atoms with E-state index in [1.807, 2.05) is 20.8 Å². The van der Waals surface area contributed by atoms with Gasteiger partial charge in [0.25, 0.3) is 0 Å². The monoisotopic (exact) mass is 385 g/mol. The van der Waals surface area contributed by atoms with E-state index in [1.165, 1.54) is 29.3 Å². The van der Waals surface area contributed by atoms with E-state index < -0.39 is 28.6 Å². The van der Waals surface area contributed by atoms with Crippen LogP contribution in [0.5, 0.6) is 0 Å². The van der Waals surface area contributed by atoms with Crippen LogP contribution in [0.25, 0.3) is 0 Å². The normalized spacial score (nSPS) is 20.9. The highest BCUT2D eigenvalue weighted by molar-refractivity contribution is 6.17. The van der Waals surface area contributed by atoms with Crippen molar-refractivity contribution in [3.8, 4) is 0 Å². The summed E-state index contributed by atoms with van der Waals surface area (Å²) in [6.45, 7) is 5.38. The van der Waals surface area contributed by atoms with E-state index in [0.29, 0.717) is 22.6 Å². The molecule has 9 heteroatoms. The zero-order valence-corrected chi connectivity index (χ0v) is 15.7. The third-order valence-corrected chi connectivity index (χ3v) is 5.18. The lowest BCUT2D eigenvalue weighted by Crippen LogP contribution is -2.48. The summed E-state index contributed by atoms with van der Waals surface area (Å²) >= 11 is 0. The second-order valence-electron chi connectivity index (χ2n) is 8.14. The Hall–Kier alpha value is -3.23. The van der Waals surface area contributed by atoms with E-state index in [1.54, 1.807) is 4.68 Å². The van der Waals surface area contributed by atoms with E-state index in [4.69, 9.17) is 5.73 Å². The highest BCUT2D eigenvalue weighted by Gasteiger charge is 2.57. The predicted molar refractivity (Wildman–Crippen MR) is 99.2 cm³/mol. The molecular weight excluding hydrogens is 365 g/mol. The Bertz CT molecular complexity index is 1040. The van der Waals surface area contributed by atoms with Crippen molar-refractivity contribution in [3.05, 3.63) is 41.3 Å². The fraction of sp³-hybridized carbons (Fsp3) is 0.368. The number of anilines is 2. The minimum atomic E-state index is -1.45. The number of aromatic nitrogens is 2. The largest absolute Gasteiger partial charge is 0.368 e. The number of carbonyl (C=O) groups excluding carboxylic acids is 3. The standard InChI is InChI=1S/C19H20FN5O3/c1-18(2,3)25-16-12(8-22-25)19(7-15(27)23-16)11-6-10(20)4-5-13(11)24(17(19)28)9-14(21)26/h4-6,8H,7,9H2,1-3H3,(H2,21,26)(H,23,27)/t19-/m0/s1. The maximum atomic E-state index is 14.1. The minimum Gasteiger partial charge on any atom is -0.368 e. The predicted octanol–water partition coefficient (Wildman–Crippen LogP) is 1.24. The van der Waals surface area contributed by atoms with Crippen molar-refractivity contribution in [1.82, 2.24) is 9.78 Å². The fourth-order valence-corrected chi connectivity index (χ4v) is 4.09. The van der Waals surface area contributed by atoms with Crippen LogP contribution in [0.15, 0.2) is 24.4 Å². The number of rotatable bonds is 2. The van der Waals surface area contributed by atoms with Crippen molar-refractivity contribution in [1.29, 1.82) is 0 Å². The van der Waals surface area contributed by atoms with Gasteiger partial charge in [-0.3, -0.25) is 14.4 Å². The van der Waals surface area contributed by atoms with Gasteiger partial charge in [0.15, 0.2) is 0 Å². The van der Waals surface area contributed by atoms with Crippen molar-refractivity contribution < 1.29 is 18.8 Å². The van der Waals surface area contributed by atoms with Crippen molar-refractivity contribution in [3.63, 3.8) is 0 Å². The van der Waals surface area contributed by atoms with Gasteiger partial charge >= 0.3 is 0 Å². The molecule has 2 aliphatic rings. The Balaban J connectivity index is 2.02. The van der Waals surface area contributed by atoms with Crippen LogP contribution in [0.1, 0.15) is 38.3 Å². The molecular formula is C19H20FN5O3. The summed E-state index contributed by atoms with van der Waals surface area (Å²) in [5.41, 5.74) is 4.59. The number of nitrogens with two attached hydrogens (primary N) is 1. The number of amides is 3. The summed E-state index contributed by atoms with van der Waals surface area (Å²) in [6.07, 6.45) is 1.32. The minimum absolute atomic E-state index is 0.208. The first-order chi connectivity index (χ1) is 13.1. The lowest BCUT2D eigenvalue weighted by molar-refractivity contribution is -0.127. The molecule has 1 spiro atoms. The van der Waals surface area contributed by atoms with Gasteiger partial charge in [-0.25, -0.2) is 9.07 Å². The van der Waals surface area contributed by atoms with E-state index in [0.717, 1.165) is 0 Å². The van der Waals surface area contributed by atoms with Crippen LogP contribution in [0, 0.1) is 5.82 Å². The Morgan fingerprint density at radius 3 is 2.68 bits per heavy atom. The fourth-order valence-electron chi connectivity index (χ4n) is 4.09. The van der Waals surface area contributed by atoms with Crippen LogP contribution >= 0.6 is 0 Å². The highest BCUT2D eigenvalue weighted by atomic mass is 19.1. The van der Waals surface area contributed by atoms with Gasteiger partial charge < -0.3 is 16.0 Å². The zero-order valence-electron chi connectivity index (χ0n) is 15.7. The number of benzene rings is 1. The third kappa shape index (κ3) is 2.35. The molecule has 3 N–H and O–H groups in total. The van der Waals surface area contributed by atoms with E-state index in [2.05, 4.69) is 10.4 Å². The summed E-state index contributed by atoms with van der Waals surface area (Å²) in [5, 5.41) is 7.18. The lowest BCUT2D eigenvalue weighted by atomic mass is 9.71. The second-order valence-corrected chi connectivity index (χ2v) is 8.14. The number of nitrogens with zero attached hydrogens (tertiary/aromatic N) is 3. The molecule has 1 aromatic heterocycles. The summed E-state index contributed by atoms with van der Waals surface area (Å²) in [4.78, 5) is 38.9. The lowest BCUT2D eigenvalue weighted by Gasteiger charge is -2.34. The van der Waals surface area contributed by atoms with Crippen LogP contribution in [-0.2, 0) is 25.3 Å². The average Bonchev–Trinajstić information content (AvgIpc) is 3.09. The van der Waals surface area contributed by atoms with Crippen molar-refractivity contribution >= 4 is 29.2 Å². The Morgan fingerprint density at radius 2 is 2.04 bits per heavy atom. The molecule has 8 nitrogen and oxygen atoms in total. The summed E-state index contributed by atoms with van der Waals surface area (Å²) in [6, 6.07) is 3.88. The molecule has 0 radical (unpaired) electrons. The Kier molecular flexibility index (Phi) is 3.65. The molecule has 0 saturated heterocycles. The number of hydrogen-bond acceptors (Lipinski definition) is 4. The number of fused-ring (bicyclic) bond motifs is 4. The third-order valence-electron chi connectivity index (χ3n) is 5.18. The smallest absolute Gasteiger partial charge is 0.243 e. The first-order valence-corrected chi connectivity index (χ1v) is 8.85. The zero-order chi connectivity index (χ0) is 20.4. The van der Waals surface area contributed by atoms with Crippen LogP contribution in [0.3, 0.4) is 0 Å². The molecule has 28 heavy (non-hydrogen) atoms. The van der Waals surface area contributed by atoms with Gasteiger partial charge in [-0.15, -0.1) is 0 Å². The molecule has 0 aliphatic carbocycles. The number of primary amides is 1. The number of hydrogen-bond donors (Lipinski definition) is 2. The van der Waals surface area contributed by atoms with Crippen molar-refractivity contribution in [2.24, 2.45) is 5.73 Å². The average molecular weight is 385 g/mol. The van der Waals surface area contributed by atoms with Crippen molar-refractivity contribution in [2.75, 3.05) is 16.8 Å². The van der Waals surface area contributed by atoms with E-state index >= 15 is 0 Å². The quantitative estimate of drug-likeness (QED) is 0.810. The van der Waals surface area contributed by atoms with Crippen LogP contribution in [-0.4, -0.2) is 34.0 Å². The maximum Gasteiger partial charge on any atom is 0.243 e. The summed E-state index contributed by atoms with van der Waals surface area (Å²) in [5.74, 6) is -1.72. The van der Waals surface area contributed by atoms with Gasteiger partial charge in [0.05, 0.1) is 11.7 Å². The van der Waals surface area contributed by atoms with Crippen LogP contribution in [0.2, 0.25) is 0 Å². The molecule has 1 aromatic carbocycles. The Labute approximate surface area is 160 Å². The molecule has 2 aliphatic heterocycles. The highest BCUT2D eigenvalue weighted by Crippen LogP contribution is 2.52. The molecule has 0 saturated carbocycles. The summed E-state index contributed by atoms with van der Waals surface area (Å²) in [7, 11) is 0. The number of halogens is 1. The first kappa shape index (κ1) is 18.1. The van der Waals surface area contributed by atoms with Gasteiger partial charge in [0.1, 0.15) is 23.6 Å². The first-order valence-electron chi connectivity index (χ1n) is 8.85. The Morgan fingerprint density at radius 1 is 1.32 bits per heavy atom. The number of nitrogens with one attached hydrogen (secondary N) is 1. The molecule has 3 heterocycles. The van der Waals surface area contributed by atoms with Gasteiger partial charge in [0.2, 0.25) is 17.7 Å². The van der Waals surface area contributed by atoms with E-state index in [9.17, 15) is 18.8 Å². The molecule has 146 valence electrons. The SMILES string of the molecule is CC(C)(C)n1ncc2c1NC(=O)C[C@@]21C(=O)N(CC(N)=O)c2ccc(F)cc21. The van der Waals surface area contributed by atoms with Crippen LogP contribution < -0.4 is 16.0 Å².